The summed E-state index contributed by atoms with van der Waals surface area (Å²) in [7, 11) is 0. The Morgan fingerprint density at radius 3 is 2.85 bits per heavy atom. The van der Waals surface area contributed by atoms with Crippen molar-refractivity contribution in [3.63, 3.8) is 0 Å². The number of amides is 1. The van der Waals surface area contributed by atoms with Crippen LogP contribution in [0.2, 0.25) is 0 Å². The van der Waals surface area contributed by atoms with Crippen molar-refractivity contribution < 1.29 is 13.6 Å². The first-order chi connectivity index (χ1) is 12.4. The first-order valence-electron chi connectivity index (χ1n) is 8.98. The lowest BCUT2D eigenvalue weighted by atomic mass is 9.91. The summed E-state index contributed by atoms with van der Waals surface area (Å²) in [5, 5.41) is 9.60. The predicted molar refractivity (Wildman–Crippen MR) is 97.8 cm³/mol. The van der Waals surface area contributed by atoms with Crippen molar-refractivity contribution in [2.24, 2.45) is 0 Å². The average molecular weight is 380 g/mol. The molecular formula is C18H22F2N4OS. The van der Waals surface area contributed by atoms with E-state index in [1.165, 1.54) is 0 Å². The molecule has 0 spiro atoms. The van der Waals surface area contributed by atoms with Crippen molar-refractivity contribution in [1.82, 2.24) is 20.9 Å². The number of piperidine rings is 1. The van der Waals surface area contributed by atoms with Gasteiger partial charge in [0.15, 0.2) is 5.11 Å². The zero-order valence-corrected chi connectivity index (χ0v) is 15.1. The maximum atomic E-state index is 13.9. The summed E-state index contributed by atoms with van der Waals surface area (Å²) in [6.07, 6.45) is 0.516. The number of nitrogens with one attached hydrogen (secondary N) is 3. The van der Waals surface area contributed by atoms with Crippen LogP contribution >= 0.6 is 12.2 Å². The number of carbonyl (C=O) groups excluding carboxylic acids is 1. The number of rotatable bonds is 3. The molecule has 140 valence electrons. The zero-order valence-electron chi connectivity index (χ0n) is 14.3. The van der Waals surface area contributed by atoms with Crippen LogP contribution in [0.1, 0.15) is 36.4 Å². The highest BCUT2D eigenvalue weighted by molar-refractivity contribution is 7.80. The number of benzene rings is 1. The minimum Gasteiger partial charge on any atom is -0.339 e. The standard InChI is InChI=1S/C18H22F2N4OS/c19-18(20)6-8-21-13(9-18)12-4-2-1-3-11(12)10-24-14-5-7-22-15(14)16(25)23-17(24)26/h1-4,13-15,21-22H,5-10H2,(H,23,25,26)/t13-,14?,15?/m1/s1. The molecular weight excluding hydrogens is 358 g/mol. The van der Waals surface area contributed by atoms with E-state index in [2.05, 4.69) is 16.0 Å². The average Bonchev–Trinajstić information content (AvgIpc) is 3.08. The number of hydrogen-bond donors (Lipinski definition) is 3. The van der Waals surface area contributed by atoms with Crippen LogP contribution < -0.4 is 16.0 Å². The van der Waals surface area contributed by atoms with E-state index in [1.807, 2.05) is 29.2 Å². The smallest absolute Gasteiger partial charge is 0.251 e. The third kappa shape index (κ3) is 3.33. The fraction of sp³-hybridized carbons (Fsp3) is 0.556. The Morgan fingerprint density at radius 1 is 1.23 bits per heavy atom. The molecule has 1 aromatic carbocycles. The zero-order chi connectivity index (χ0) is 18.3. The van der Waals surface area contributed by atoms with Gasteiger partial charge in [-0.15, -0.1) is 0 Å². The Kier molecular flexibility index (Phi) is 4.66. The van der Waals surface area contributed by atoms with Crippen LogP contribution in [0.4, 0.5) is 8.78 Å². The van der Waals surface area contributed by atoms with Gasteiger partial charge in [0.2, 0.25) is 5.91 Å². The summed E-state index contributed by atoms with van der Waals surface area (Å²) in [6.45, 7) is 1.57. The van der Waals surface area contributed by atoms with Crippen molar-refractivity contribution in [3.05, 3.63) is 35.4 Å². The largest absolute Gasteiger partial charge is 0.339 e. The predicted octanol–water partition coefficient (Wildman–Crippen LogP) is 1.69. The first-order valence-corrected chi connectivity index (χ1v) is 9.39. The van der Waals surface area contributed by atoms with E-state index in [9.17, 15) is 13.6 Å². The van der Waals surface area contributed by atoms with Crippen LogP contribution in [0.5, 0.6) is 0 Å². The van der Waals surface area contributed by atoms with Crippen LogP contribution in [0.25, 0.3) is 0 Å². The topological polar surface area (TPSA) is 56.4 Å². The van der Waals surface area contributed by atoms with Gasteiger partial charge in [0, 0.05) is 32.0 Å². The van der Waals surface area contributed by atoms with E-state index in [0.717, 1.165) is 24.1 Å². The SMILES string of the molecule is O=C1NC(=S)N(Cc2ccccc2[C@H]2CC(F)(F)CCN2)C2CCNC12. The van der Waals surface area contributed by atoms with E-state index in [0.29, 0.717) is 18.2 Å². The van der Waals surface area contributed by atoms with Gasteiger partial charge in [0.1, 0.15) is 6.04 Å². The minimum atomic E-state index is -2.64. The van der Waals surface area contributed by atoms with Gasteiger partial charge in [0.25, 0.3) is 5.92 Å². The summed E-state index contributed by atoms with van der Waals surface area (Å²) >= 11 is 5.39. The molecule has 1 amide bonds. The van der Waals surface area contributed by atoms with Crippen LogP contribution in [-0.2, 0) is 11.3 Å². The van der Waals surface area contributed by atoms with Crippen molar-refractivity contribution in [2.75, 3.05) is 13.1 Å². The number of carbonyl (C=O) groups is 1. The molecule has 0 radical (unpaired) electrons. The third-order valence-electron chi connectivity index (χ3n) is 5.52. The molecule has 3 N–H and O–H groups in total. The van der Waals surface area contributed by atoms with Crippen molar-refractivity contribution >= 4 is 23.2 Å². The van der Waals surface area contributed by atoms with Crippen LogP contribution in [0.15, 0.2) is 24.3 Å². The fourth-order valence-corrected chi connectivity index (χ4v) is 4.51. The summed E-state index contributed by atoms with van der Waals surface area (Å²) < 4.78 is 27.8. The van der Waals surface area contributed by atoms with Crippen LogP contribution in [-0.4, -0.2) is 47.0 Å². The molecule has 8 heteroatoms. The van der Waals surface area contributed by atoms with Gasteiger partial charge in [-0.3, -0.25) is 4.79 Å². The molecule has 3 heterocycles. The van der Waals surface area contributed by atoms with Gasteiger partial charge in [0.05, 0.1) is 6.04 Å². The number of nitrogens with zero attached hydrogens (tertiary/aromatic N) is 1. The summed E-state index contributed by atoms with van der Waals surface area (Å²) in [5.41, 5.74) is 1.85. The van der Waals surface area contributed by atoms with E-state index in [-0.39, 0.29) is 36.9 Å². The summed E-state index contributed by atoms with van der Waals surface area (Å²) in [6, 6.07) is 7.01. The molecule has 0 saturated carbocycles. The lowest BCUT2D eigenvalue weighted by Gasteiger charge is -2.39. The van der Waals surface area contributed by atoms with Crippen LogP contribution in [0, 0.1) is 0 Å². The number of halogens is 2. The minimum absolute atomic E-state index is 0.00469. The molecule has 2 unspecified atom stereocenters. The van der Waals surface area contributed by atoms with E-state index >= 15 is 0 Å². The van der Waals surface area contributed by atoms with Gasteiger partial charge >= 0.3 is 0 Å². The highest BCUT2D eigenvalue weighted by Crippen LogP contribution is 2.36. The van der Waals surface area contributed by atoms with Crippen molar-refractivity contribution in [3.8, 4) is 0 Å². The lowest BCUT2D eigenvalue weighted by Crippen LogP contribution is -2.63. The highest BCUT2D eigenvalue weighted by atomic mass is 32.1. The first kappa shape index (κ1) is 17.8. The molecule has 0 aliphatic carbocycles. The van der Waals surface area contributed by atoms with Gasteiger partial charge in [-0.1, -0.05) is 24.3 Å². The Bertz CT molecular complexity index is 729. The second-order valence-corrected chi connectivity index (χ2v) is 7.61. The molecule has 0 bridgehead atoms. The van der Waals surface area contributed by atoms with Crippen molar-refractivity contribution in [2.45, 2.75) is 49.9 Å². The van der Waals surface area contributed by atoms with Gasteiger partial charge in [-0.25, -0.2) is 8.78 Å². The number of fused-ring (bicyclic) bond motifs is 1. The summed E-state index contributed by atoms with van der Waals surface area (Å²) in [4.78, 5) is 14.1. The fourth-order valence-electron chi connectivity index (χ4n) is 4.21. The molecule has 1 aromatic rings. The van der Waals surface area contributed by atoms with E-state index < -0.39 is 5.92 Å². The monoisotopic (exact) mass is 380 g/mol. The lowest BCUT2D eigenvalue weighted by molar-refractivity contribution is -0.123. The molecule has 3 fully saturated rings. The third-order valence-corrected chi connectivity index (χ3v) is 5.85. The maximum absolute atomic E-state index is 13.9. The molecule has 5 nitrogen and oxygen atoms in total. The van der Waals surface area contributed by atoms with Gasteiger partial charge in [-0.2, -0.15) is 0 Å². The number of hydrogen-bond acceptors (Lipinski definition) is 4. The molecule has 4 rings (SSSR count). The number of thiocarbonyl (C=S) groups is 1. The highest BCUT2D eigenvalue weighted by Gasteiger charge is 2.43. The molecule has 3 aliphatic rings. The quantitative estimate of drug-likeness (QED) is 0.697. The number of alkyl halides is 2. The van der Waals surface area contributed by atoms with E-state index in [1.54, 1.807) is 0 Å². The molecule has 26 heavy (non-hydrogen) atoms. The second kappa shape index (κ2) is 6.83. The Morgan fingerprint density at radius 2 is 2.04 bits per heavy atom. The normalized spacial score (nSPS) is 30.8. The molecule has 3 saturated heterocycles. The second-order valence-electron chi connectivity index (χ2n) is 7.23. The molecule has 3 aliphatic heterocycles. The van der Waals surface area contributed by atoms with Gasteiger partial charge < -0.3 is 20.9 Å². The Labute approximate surface area is 156 Å². The molecule has 0 aromatic heterocycles. The maximum Gasteiger partial charge on any atom is 0.251 e. The van der Waals surface area contributed by atoms with Crippen molar-refractivity contribution in [1.29, 1.82) is 0 Å². The van der Waals surface area contributed by atoms with Gasteiger partial charge in [-0.05, 0) is 36.3 Å². The summed E-state index contributed by atoms with van der Waals surface area (Å²) in [5.74, 6) is -2.73. The Balaban J connectivity index is 1.59. The van der Waals surface area contributed by atoms with Crippen LogP contribution in [0.3, 0.4) is 0 Å². The Hall–Kier alpha value is -1.64. The van der Waals surface area contributed by atoms with E-state index in [4.69, 9.17) is 12.2 Å². The molecule has 3 atom stereocenters.